The number of aromatic hydroxyl groups is 1. The molecule has 0 aromatic heterocycles. The minimum absolute atomic E-state index is 0.0843. The van der Waals surface area contributed by atoms with Crippen LogP contribution < -0.4 is 10.1 Å². The van der Waals surface area contributed by atoms with E-state index in [0.29, 0.717) is 5.75 Å². The number of ether oxygens (including phenoxy) is 1. The number of hydrogen-bond acceptors (Lipinski definition) is 3. The van der Waals surface area contributed by atoms with Crippen molar-refractivity contribution in [3.63, 3.8) is 0 Å². The van der Waals surface area contributed by atoms with Crippen LogP contribution in [0.25, 0.3) is 0 Å². The Hall–Kier alpha value is -1.22. The van der Waals surface area contributed by atoms with Crippen molar-refractivity contribution in [1.29, 1.82) is 0 Å². The number of phenols is 1. The van der Waals surface area contributed by atoms with Crippen LogP contribution in [0.15, 0.2) is 18.2 Å². The summed E-state index contributed by atoms with van der Waals surface area (Å²) in [5.74, 6) is 0.725. The first kappa shape index (κ1) is 8.38. The molecule has 1 atom stereocenters. The lowest BCUT2D eigenvalue weighted by atomic mass is 10.0. The molecule has 3 heteroatoms. The lowest BCUT2D eigenvalue weighted by molar-refractivity contribution is 0.372. The SMILES string of the molecule is COc1cc(C2(C)CN2)ccc1O. The zero-order valence-corrected chi connectivity index (χ0v) is 7.79. The fourth-order valence-corrected chi connectivity index (χ4v) is 1.36. The molecule has 1 unspecified atom stereocenters. The fraction of sp³-hybridized carbons (Fsp3) is 0.400. The van der Waals surface area contributed by atoms with Crippen LogP contribution in [0, 0.1) is 0 Å². The topological polar surface area (TPSA) is 51.4 Å². The average molecular weight is 179 g/mol. The van der Waals surface area contributed by atoms with E-state index in [1.807, 2.05) is 12.1 Å². The number of benzene rings is 1. The van der Waals surface area contributed by atoms with Crippen LogP contribution in [0.5, 0.6) is 11.5 Å². The molecule has 3 nitrogen and oxygen atoms in total. The van der Waals surface area contributed by atoms with E-state index < -0.39 is 0 Å². The van der Waals surface area contributed by atoms with Crippen molar-refractivity contribution >= 4 is 0 Å². The molecule has 1 aliphatic rings. The van der Waals surface area contributed by atoms with Gasteiger partial charge >= 0.3 is 0 Å². The second-order valence-corrected chi connectivity index (χ2v) is 3.57. The van der Waals surface area contributed by atoms with Crippen molar-refractivity contribution in [3.8, 4) is 11.5 Å². The van der Waals surface area contributed by atoms with Crippen molar-refractivity contribution in [2.24, 2.45) is 0 Å². The van der Waals surface area contributed by atoms with Gasteiger partial charge < -0.3 is 15.2 Å². The Balaban J connectivity index is 2.39. The van der Waals surface area contributed by atoms with E-state index in [1.165, 1.54) is 0 Å². The highest BCUT2D eigenvalue weighted by molar-refractivity contribution is 5.45. The molecule has 1 heterocycles. The molecule has 1 aliphatic heterocycles. The Kier molecular flexibility index (Phi) is 1.70. The second-order valence-electron chi connectivity index (χ2n) is 3.57. The molecular formula is C10H13NO2. The summed E-state index contributed by atoms with van der Waals surface area (Å²) < 4.78 is 5.03. The van der Waals surface area contributed by atoms with Gasteiger partial charge in [-0.05, 0) is 24.6 Å². The van der Waals surface area contributed by atoms with Crippen LogP contribution in [0.3, 0.4) is 0 Å². The highest BCUT2D eigenvalue weighted by Crippen LogP contribution is 2.35. The van der Waals surface area contributed by atoms with Gasteiger partial charge in [0.2, 0.25) is 0 Å². The summed E-state index contributed by atoms with van der Waals surface area (Å²) in [4.78, 5) is 0. The van der Waals surface area contributed by atoms with Gasteiger partial charge in [0.15, 0.2) is 11.5 Å². The van der Waals surface area contributed by atoms with Gasteiger partial charge in [-0.2, -0.15) is 0 Å². The maximum absolute atomic E-state index is 9.38. The Labute approximate surface area is 77.3 Å². The number of hydrogen-bond donors (Lipinski definition) is 2. The molecule has 0 amide bonds. The third-order valence-electron chi connectivity index (χ3n) is 2.52. The molecule has 1 aromatic carbocycles. The molecule has 0 spiro atoms. The molecule has 2 rings (SSSR count). The monoisotopic (exact) mass is 179 g/mol. The Morgan fingerprint density at radius 1 is 1.54 bits per heavy atom. The number of nitrogens with one attached hydrogen (secondary N) is 1. The number of methoxy groups -OCH3 is 1. The van der Waals surface area contributed by atoms with Crippen LogP contribution in [-0.2, 0) is 5.54 Å². The van der Waals surface area contributed by atoms with Gasteiger partial charge in [-0.3, -0.25) is 0 Å². The smallest absolute Gasteiger partial charge is 0.160 e. The van der Waals surface area contributed by atoms with E-state index in [-0.39, 0.29) is 11.3 Å². The summed E-state index contributed by atoms with van der Waals surface area (Å²) in [6.07, 6.45) is 0. The third-order valence-corrected chi connectivity index (χ3v) is 2.52. The Morgan fingerprint density at radius 3 is 2.77 bits per heavy atom. The first-order valence-electron chi connectivity index (χ1n) is 4.28. The van der Waals surface area contributed by atoms with Gasteiger partial charge in [-0.25, -0.2) is 0 Å². The van der Waals surface area contributed by atoms with Gasteiger partial charge in [-0.1, -0.05) is 6.07 Å². The largest absolute Gasteiger partial charge is 0.504 e. The number of phenolic OH excluding ortho intramolecular Hbond substituents is 1. The lowest BCUT2D eigenvalue weighted by Crippen LogP contribution is -2.06. The maximum Gasteiger partial charge on any atom is 0.160 e. The normalized spacial score (nSPS) is 25.7. The molecule has 13 heavy (non-hydrogen) atoms. The first-order valence-corrected chi connectivity index (χ1v) is 4.28. The van der Waals surface area contributed by atoms with Crippen molar-refractivity contribution in [1.82, 2.24) is 5.32 Å². The van der Waals surface area contributed by atoms with Crippen LogP contribution >= 0.6 is 0 Å². The van der Waals surface area contributed by atoms with Crippen LogP contribution in [0.2, 0.25) is 0 Å². The highest BCUT2D eigenvalue weighted by Gasteiger charge is 2.38. The van der Waals surface area contributed by atoms with Crippen LogP contribution in [-0.4, -0.2) is 18.8 Å². The lowest BCUT2D eigenvalue weighted by Gasteiger charge is -2.10. The summed E-state index contributed by atoms with van der Waals surface area (Å²) in [7, 11) is 1.56. The Bertz CT molecular complexity index is 332. The van der Waals surface area contributed by atoms with Crippen molar-refractivity contribution in [2.75, 3.05) is 13.7 Å². The van der Waals surface area contributed by atoms with Crippen molar-refractivity contribution < 1.29 is 9.84 Å². The van der Waals surface area contributed by atoms with Gasteiger partial charge in [0.1, 0.15) is 0 Å². The molecule has 0 aliphatic carbocycles. The van der Waals surface area contributed by atoms with Crippen molar-refractivity contribution in [2.45, 2.75) is 12.5 Å². The van der Waals surface area contributed by atoms with E-state index in [2.05, 4.69) is 12.2 Å². The summed E-state index contributed by atoms with van der Waals surface area (Å²) in [6, 6.07) is 5.45. The fourth-order valence-electron chi connectivity index (χ4n) is 1.36. The van der Waals surface area contributed by atoms with E-state index in [1.54, 1.807) is 13.2 Å². The summed E-state index contributed by atoms with van der Waals surface area (Å²) >= 11 is 0. The molecule has 70 valence electrons. The van der Waals surface area contributed by atoms with Gasteiger partial charge in [-0.15, -0.1) is 0 Å². The molecular weight excluding hydrogens is 166 g/mol. The summed E-state index contributed by atoms with van der Waals surface area (Å²) in [5.41, 5.74) is 1.24. The zero-order valence-electron chi connectivity index (χ0n) is 7.79. The minimum atomic E-state index is 0.0843. The van der Waals surface area contributed by atoms with E-state index in [4.69, 9.17) is 4.74 Å². The summed E-state index contributed by atoms with van der Waals surface area (Å²) in [5, 5.41) is 12.6. The molecule has 0 saturated carbocycles. The maximum atomic E-state index is 9.38. The van der Waals surface area contributed by atoms with Gasteiger partial charge in [0.25, 0.3) is 0 Å². The molecule has 1 saturated heterocycles. The van der Waals surface area contributed by atoms with E-state index >= 15 is 0 Å². The average Bonchev–Trinajstić information content (AvgIpc) is 2.86. The highest BCUT2D eigenvalue weighted by atomic mass is 16.5. The second kappa shape index (κ2) is 2.64. The van der Waals surface area contributed by atoms with E-state index in [0.717, 1.165) is 12.1 Å². The summed E-state index contributed by atoms with van der Waals surface area (Å²) in [6.45, 7) is 3.11. The van der Waals surface area contributed by atoms with Gasteiger partial charge in [0.05, 0.1) is 12.6 Å². The minimum Gasteiger partial charge on any atom is -0.504 e. The molecule has 0 radical (unpaired) electrons. The van der Waals surface area contributed by atoms with Gasteiger partial charge in [0, 0.05) is 6.54 Å². The third kappa shape index (κ3) is 1.35. The standard InChI is InChI=1S/C10H13NO2/c1-10(6-11-10)7-3-4-8(12)9(5-7)13-2/h3-5,11-12H,6H2,1-2H3. The molecule has 0 bridgehead atoms. The molecule has 1 aromatic rings. The zero-order chi connectivity index (χ0) is 9.47. The van der Waals surface area contributed by atoms with Crippen LogP contribution in [0.1, 0.15) is 12.5 Å². The molecule has 1 fully saturated rings. The van der Waals surface area contributed by atoms with E-state index in [9.17, 15) is 5.11 Å². The quantitative estimate of drug-likeness (QED) is 0.671. The number of rotatable bonds is 2. The first-order chi connectivity index (χ1) is 6.15. The predicted octanol–water partition coefficient (Wildman–Crippen LogP) is 1.22. The van der Waals surface area contributed by atoms with Crippen LogP contribution in [0.4, 0.5) is 0 Å². The molecule has 2 N–H and O–H groups in total. The van der Waals surface area contributed by atoms with Crippen molar-refractivity contribution in [3.05, 3.63) is 23.8 Å². The predicted molar refractivity (Wildman–Crippen MR) is 50.0 cm³/mol. The Morgan fingerprint density at radius 2 is 2.23 bits per heavy atom.